The molecule has 2 aromatic heterocycles. The van der Waals surface area contributed by atoms with E-state index < -0.39 is 0 Å². The first-order valence-electron chi connectivity index (χ1n) is 6.42. The quantitative estimate of drug-likeness (QED) is 0.732. The Morgan fingerprint density at radius 2 is 2.05 bits per heavy atom. The molecule has 0 saturated carbocycles. The predicted molar refractivity (Wildman–Crippen MR) is 85.5 cm³/mol. The van der Waals surface area contributed by atoms with Crippen LogP contribution >= 0.6 is 23.4 Å². The van der Waals surface area contributed by atoms with Gasteiger partial charge in [0.1, 0.15) is 5.82 Å². The molecule has 0 fully saturated rings. The zero-order valence-corrected chi connectivity index (χ0v) is 13.2. The Morgan fingerprint density at radius 1 is 1.23 bits per heavy atom. The molecule has 0 saturated heterocycles. The lowest BCUT2D eigenvalue weighted by Crippen LogP contribution is -2.01. The van der Waals surface area contributed by atoms with Crippen molar-refractivity contribution in [1.29, 1.82) is 0 Å². The third-order valence-electron chi connectivity index (χ3n) is 2.76. The second kappa shape index (κ2) is 6.33. The Bertz CT molecular complexity index is 787. The number of rotatable bonds is 4. The fourth-order valence-electron chi connectivity index (χ4n) is 1.83. The Balaban J connectivity index is 1.73. The minimum absolute atomic E-state index is 0.208. The summed E-state index contributed by atoms with van der Waals surface area (Å²) in [5, 5.41) is 1.17. The average Bonchev–Trinajstić information content (AvgIpc) is 2.93. The Labute approximate surface area is 136 Å². The highest BCUT2D eigenvalue weighted by molar-refractivity contribution is 7.98. The van der Waals surface area contributed by atoms with E-state index in [1.807, 2.05) is 24.3 Å². The molecule has 0 atom stereocenters. The van der Waals surface area contributed by atoms with Gasteiger partial charge in [0.2, 0.25) is 11.8 Å². The maximum Gasteiger partial charge on any atom is 0.224 e. The van der Waals surface area contributed by atoms with E-state index in [1.165, 1.54) is 11.8 Å². The Morgan fingerprint density at radius 3 is 2.82 bits per heavy atom. The molecule has 0 aliphatic carbocycles. The zero-order valence-electron chi connectivity index (χ0n) is 11.7. The number of benzene rings is 1. The molecule has 8 heteroatoms. The number of aromatic nitrogens is 4. The van der Waals surface area contributed by atoms with Gasteiger partial charge in [0.25, 0.3) is 0 Å². The molecule has 3 rings (SSSR count). The van der Waals surface area contributed by atoms with Crippen LogP contribution in [-0.4, -0.2) is 19.9 Å². The second-order valence-electron chi connectivity index (χ2n) is 4.41. The molecular weight excluding hydrogens is 322 g/mol. The van der Waals surface area contributed by atoms with Crippen molar-refractivity contribution in [2.75, 3.05) is 5.73 Å². The van der Waals surface area contributed by atoms with E-state index in [-0.39, 0.29) is 5.95 Å². The van der Waals surface area contributed by atoms with Crippen molar-refractivity contribution in [3.63, 3.8) is 0 Å². The number of thioether (sulfide) groups is 1. The lowest BCUT2D eigenvalue weighted by atomic mass is 10.2. The molecular formula is C14H12ClN5OS. The summed E-state index contributed by atoms with van der Waals surface area (Å²) < 4.78 is 5.71. The van der Waals surface area contributed by atoms with Gasteiger partial charge in [0.15, 0.2) is 10.9 Å². The molecule has 2 N–H and O–H groups in total. The summed E-state index contributed by atoms with van der Waals surface area (Å²) in [6.45, 7) is 1.77. The van der Waals surface area contributed by atoms with Gasteiger partial charge in [-0.2, -0.15) is 9.97 Å². The van der Waals surface area contributed by atoms with Gasteiger partial charge >= 0.3 is 0 Å². The van der Waals surface area contributed by atoms with Crippen molar-refractivity contribution >= 4 is 29.3 Å². The van der Waals surface area contributed by atoms with E-state index in [0.717, 1.165) is 5.56 Å². The van der Waals surface area contributed by atoms with Gasteiger partial charge in [-0.3, -0.25) is 0 Å². The molecule has 2 heterocycles. The standard InChI is InChI=1S/C14H12ClN5OS/c1-8-18-13(16)20-14(19-8)22-7-12-17-6-11(21-12)9-4-2-3-5-10(9)15/h2-6H,7H2,1H3,(H2,16,18,19,20). The SMILES string of the molecule is Cc1nc(N)nc(SCc2ncc(-c3ccccc3Cl)o2)n1. The third-order valence-corrected chi connectivity index (χ3v) is 3.92. The molecule has 0 aliphatic rings. The summed E-state index contributed by atoms with van der Waals surface area (Å²) in [6.07, 6.45) is 1.66. The molecule has 0 aliphatic heterocycles. The van der Waals surface area contributed by atoms with Crippen molar-refractivity contribution in [3.8, 4) is 11.3 Å². The maximum absolute atomic E-state index is 6.14. The number of nitrogen functional groups attached to an aromatic ring is 1. The summed E-state index contributed by atoms with van der Waals surface area (Å²) in [5.41, 5.74) is 6.41. The Kier molecular flexibility index (Phi) is 4.26. The number of nitrogens with two attached hydrogens (primary N) is 1. The van der Waals surface area contributed by atoms with Gasteiger partial charge in [-0.25, -0.2) is 9.97 Å². The molecule has 112 valence electrons. The van der Waals surface area contributed by atoms with Crippen LogP contribution in [0.4, 0.5) is 5.95 Å². The van der Waals surface area contributed by atoms with Gasteiger partial charge in [-0.05, 0) is 19.1 Å². The molecule has 0 unspecified atom stereocenters. The van der Waals surface area contributed by atoms with Crippen LogP contribution in [0.3, 0.4) is 0 Å². The van der Waals surface area contributed by atoms with E-state index in [1.54, 1.807) is 13.1 Å². The third kappa shape index (κ3) is 3.37. The van der Waals surface area contributed by atoms with Crippen LogP contribution in [0.15, 0.2) is 40.0 Å². The summed E-state index contributed by atoms with van der Waals surface area (Å²) in [7, 11) is 0. The number of hydrogen-bond donors (Lipinski definition) is 1. The van der Waals surface area contributed by atoms with E-state index in [9.17, 15) is 0 Å². The van der Waals surface area contributed by atoms with Crippen LogP contribution in [-0.2, 0) is 5.75 Å². The van der Waals surface area contributed by atoms with Crippen molar-refractivity contribution < 1.29 is 4.42 Å². The van der Waals surface area contributed by atoms with Gasteiger partial charge < -0.3 is 10.2 Å². The lowest BCUT2D eigenvalue weighted by Gasteiger charge is -2.00. The summed E-state index contributed by atoms with van der Waals surface area (Å²) >= 11 is 7.53. The molecule has 6 nitrogen and oxygen atoms in total. The smallest absolute Gasteiger partial charge is 0.224 e. The van der Waals surface area contributed by atoms with E-state index in [4.69, 9.17) is 21.8 Å². The van der Waals surface area contributed by atoms with Crippen molar-refractivity contribution in [3.05, 3.63) is 47.2 Å². The first-order valence-corrected chi connectivity index (χ1v) is 7.79. The van der Waals surface area contributed by atoms with Crippen LogP contribution in [0.5, 0.6) is 0 Å². The number of halogens is 1. The monoisotopic (exact) mass is 333 g/mol. The largest absolute Gasteiger partial charge is 0.440 e. The number of anilines is 1. The van der Waals surface area contributed by atoms with E-state index >= 15 is 0 Å². The van der Waals surface area contributed by atoms with Crippen LogP contribution in [0.1, 0.15) is 11.7 Å². The van der Waals surface area contributed by atoms with Crippen LogP contribution in [0.25, 0.3) is 11.3 Å². The van der Waals surface area contributed by atoms with Gasteiger partial charge in [0.05, 0.1) is 17.0 Å². The van der Waals surface area contributed by atoms with Crippen molar-refractivity contribution in [1.82, 2.24) is 19.9 Å². The Hall–Kier alpha value is -2.12. The summed E-state index contributed by atoms with van der Waals surface area (Å²) in [6, 6.07) is 7.46. The van der Waals surface area contributed by atoms with Crippen LogP contribution in [0.2, 0.25) is 5.02 Å². The van der Waals surface area contributed by atoms with Gasteiger partial charge in [0, 0.05) is 5.56 Å². The number of hydrogen-bond acceptors (Lipinski definition) is 7. The predicted octanol–water partition coefficient (Wildman–Crippen LogP) is 3.36. The highest BCUT2D eigenvalue weighted by Gasteiger charge is 2.11. The number of nitrogens with zero attached hydrogens (tertiary/aromatic N) is 4. The number of aryl methyl sites for hydroxylation is 1. The highest BCUT2D eigenvalue weighted by Crippen LogP contribution is 2.29. The number of oxazole rings is 1. The molecule has 0 radical (unpaired) electrons. The summed E-state index contributed by atoms with van der Waals surface area (Å²) in [5.74, 6) is 2.48. The molecule has 0 bridgehead atoms. The van der Waals surface area contributed by atoms with E-state index in [2.05, 4.69) is 19.9 Å². The van der Waals surface area contributed by atoms with Crippen molar-refractivity contribution in [2.45, 2.75) is 17.8 Å². The average molecular weight is 334 g/mol. The fourth-order valence-corrected chi connectivity index (χ4v) is 2.80. The molecule has 0 amide bonds. The van der Waals surface area contributed by atoms with E-state index in [0.29, 0.717) is 33.4 Å². The first-order chi connectivity index (χ1) is 10.6. The van der Waals surface area contributed by atoms with Gasteiger partial charge in [-0.15, -0.1) is 0 Å². The van der Waals surface area contributed by atoms with Crippen molar-refractivity contribution in [2.24, 2.45) is 0 Å². The molecule has 1 aromatic carbocycles. The highest BCUT2D eigenvalue weighted by atomic mass is 35.5. The van der Waals surface area contributed by atoms with Crippen LogP contribution < -0.4 is 5.73 Å². The normalized spacial score (nSPS) is 10.8. The molecule has 3 aromatic rings. The van der Waals surface area contributed by atoms with Gasteiger partial charge in [-0.1, -0.05) is 35.5 Å². The van der Waals surface area contributed by atoms with Crippen LogP contribution in [0, 0.1) is 6.92 Å². The fraction of sp³-hybridized carbons (Fsp3) is 0.143. The molecule has 22 heavy (non-hydrogen) atoms. The zero-order chi connectivity index (χ0) is 15.5. The lowest BCUT2D eigenvalue weighted by molar-refractivity contribution is 0.530. The maximum atomic E-state index is 6.14. The minimum Gasteiger partial charge on any atom is -0.440 e. The second-order valence-corrected chi connectivity index (χ2v) is 5.76. The first kappa shape index (κ1) is 14.8. The molecule has 0 spiro atoms. The summed E-state index contributed by atoms with van der Waals surface area (Å²) in [4.78, 5) is 16.4. The minimum atomic E-state index is 0.208. The topological polar surface area (TPSA) is 90.7 Å².